The fourth-order valence-corrected chi connectivity index (χ4v) is 3.66. The van der Waals surface area contributed by atoms with E-state index >= 15 is 0 Å². The monoisotopic (exact) mass is 415 g/mol. The number of nitrogens with one attached hydrogen (secondary N) is 1. The number of aliphatic hydroxyl groups is 1. The average Bonchev–Trinajstić information content (AvgIpc) is 3.39. The lowest BCUT2D eigenvalue weighted by Gasteiger charge is -2.32. The van der Waals surface area contributed by atoms with Crippen LogP contribution in [0, 0.1) is 29.1 Å². The van der Waals surface area contributed by atoms with Crippen LogP contribution in [0.15, 0.2) is 47.2 Å². The van der Waals surface area contributed by atoms with Crippen LogP contribution in [0.3, 0.4) is 0 Å². The zero-order chi connectivity index (χ0) is 21.6. The van der Waals surface area contributed by atoms with Crippen LogP contribution in [0.5, 0.6) is 0 Å². The van der Waals surface area contributed by atoms with E-state index in [1.54, 1.807) is 13.1 Å². The Morgan fingerprint density at radius 1 is 1.32 bits per heavy atom. The number of rotatable bonds is 7. The van der Waals surface area contributed by atoms with Crippen LogP contribution in [0.25, 0.3) is 11.3 Å². The minimum Gasteiger partial charge on any atom is -0.385 e. The molecule has 31 heavy (non-hydrogen) atoms. The lowest BCUT2D eigenvalue weighted by Crippen LogP contribution is -2.41. The maximum atomic E-state index is 9.78. The number of nitriles is 1. The van der Waals surface area contributed by atoms with Crippen molar-refractivity contribution in [2.24, 2.45) is 5.92 Å². The first kappa shape index (κ1) is 20.9. The fraction of sp³-hybridized carbons (Fsp3) is 0.375. The second-order valence-corrected chi connectivity index (χ2v) is 7.85. The minimum absolute atomic E-state index is 0.422. The summed E-state index contributed by atoms with van der Waals surface area (Å²) in [6, 6.07) is 12.5. The molecule has 1 aliphatic rings. The van der Waals surface area contributed by atoms with Crippen molar-refractivity contribution in [3.05, 3.63) is 59.8 Å². The predicted molar refractivity (Wildman–Crippen MR) is 116 cm³/mol. The molecule has 0 spiro atoms. The fourth-order valence-electron chi connectivity index (χ4n) is 3.66. The summed E-state index contributed by atoms with van der Waals surface area (Å²) in [6.45, 7) is 2.94. The lowest BCUT2D eigenvalue weighted by atomic mass is 9.80. The highest BCUT2D eigenvalue weighted by Crippen LogP contribution is 2.27. The Kier molecular flexibility index (Phi) is 6.47. The molecule has 1 aliphatic carbocycles. The summed E-state index contributed by atoms with van der Waals surface area (Å²) in [7, 11) is 0. The van der Waals surface area contributed by atoms with E-state index < -0.39 is 6.10 Å². The normalized spacial score (nSPS) is 18.5. The van der Waals surface area contributed by atoms with E-state index in [-0.39, 0.29) is 0 Å². The molecule has 158 valence electrons. The lowest BCUT2D eigenvalue weighted by molar-refractivity contribution is 0.184. The Morgan fingerprint density at radius 2 is 2.13 bits per heavy atom. The molecular formula is C24H25N5O2. The molecule has 1 aromatic carbocycles. The van der Waals surface area contributed by atoms with Crippen LogP contribution in [0.4, 0.5) is 0 Å². The maximum absolute atomic E-state index is 9.78. The summed E-state index contributed by atoms with van der Waals surface area (Å²) >= 11 is 0. The molecule has 2 heterocycles. The third-order valence-electron chi connectivity index (χ3n) is 5.41. The van der Waals surface area contributed by atoms with Crippen LogP contribution in [-0.4, -0.2) is 32.4 Å². The summed E-state index contributed by atoms with van der Waals surface area (Å²) in [5.41, 5.74) is 2.68. The van der Waals surface area contributed by atoms with E-state index in [9.17, 15) is 5.11 Å². The van der Waals surface area contributed by atoms with Gasteiger partial charge in [-0.25, -0.2) is 4.98 Å². The minimum atomic E-state index is -0.638. The molecule has 2 N–H and O–H groups in total. The summed E-state index contributed by atoms with van der Waals surface area (Å²) in [5.74, 6) is 8.31. The molecule has 0 saturated heterocycles. The number of imidazole rings is 1. The molecule has 1 saturated carbocycles. The van der Waals surface area contributed by atoms with Gasteiger partial charge in [0.05, 0.1) is 12.6 Å². The summed E-state index contributed by atoms with van der Waals surface area (Å²) in [6.07, 6.45) is 5.49. The van der Waals surface area contributed by atoms with Gasteiger partial charge >= 0.3 is 0 Å². The average molecular weight is 415 g/mol. The highest BCUT2D eigenvalue weighted by Gasteiger charge is 2.26. The molecule has 7 nitrogen and oxygen atoms in total. The van der Waals surface area contributed by atoms with Crippen LogP contribution in [-0.2, 0) is 6.54 Å². The van der Waals surface area contributed by atoms with Crippen molar-refractivity contribution in [1.82, 2.24) is 20.0 Å². The quantitative estimate of drug-likeness (QED) is 0.454. The number of nitrogens with zero attached hydrogens (tertiary/aromatic N) is 4. The van der Waals surface area contributed by atoms with Gasteiger partial charge in [0.15, 0.2) is 5.76 Å². The van der Waals surface area contributed by atoms with E-state index in [2.05, 4.69) is 33.4 Å². The van der Waals surface area contributed by atoms with E-state index in [1.165, 1.54) is 0 Å². The Labute approximate surface area is 181 Å². The molecular weight excluding hydrogens is 390 g/mol. The van der Waals surface area contributed by atoms with E-state index in [4.69, 9.17) is 9.78 Å². The Hall–Kier alpha value is -3.39. The summed E-state index contributed by atoms with van der Waals surface area (Å²) in [4.78, 5) is 4.17. The predicted octanol–water partition coefficient (Wildman–Crippen LogP) is 3.27. The zero-order valence-electron chi connectivity index (χ0n) is 17.5. The zero-order valence-corrected chi connectivity index (χ0v) is 17.5. The highest BCUT2D eigenvalue weighted by molar-refractivity contribution is 5.59. The number of hydrogen-bond donors (Lipinski definition) is 2. The molecule has 3 aromatic rings. The van der Waals surface area contributed by atoms with E-state index in [1.807, 2.05) is 41.1 Å². The Bertz CT molecular complexity index is 1110. The molecule has 4 rings (SSSR count). The van der Waals surface area contributed by atoms with Crippen LogP contribution in [0.1, 0.15) is 49.4 Å². The van der Waals surface area contributed by atoms with Gasteiger partial charge in [0.25, 0.3) is 0 Å². The van der Waals surface area contributed by atoms with Gasteiger partial charge in [-0.2, -0.15) is 5.26 Å². The van der Waals surface area contributed by atoms with Gasteiger partial charge in [0, 0.05) is 54.5 Å². The molecule has 0 bridgehead atoms. The summed E-state index contributed by atoms with van der Waals surface area (Å²) < 4.78 is 7.36. The first-order chi connectivity index (χ1) is 15.1. The van der Waals surface area contributed by atoms with Crippen molar-refractivity contribution in [2.75, 3.05) is 6.54 Å². The molecule has 0 amide bonds. The van der Waals surface area contributed by atoms with Gasteiger partial charge in [0.1, 0.15) is 17.6 Å². The molecule has 1 atom stereocenters. The molecule has 0 unspecified atom stereocenters. The third kappa shape index (κ3) is 5.21. The van der Waals surface area contributed by atoms with Gasteiger partial charge in [-0.15, -0.1) is 0 Å². The number of aliphatic hydroxyl groups excluding tert-OH is 1. The van der Waals surface area contributed by atoms with E-state index in [0.29, 0.717) is 36.5 Å². The molecule has 7 heteroatoms. The molecule has 0 radical (unpaired) electrons. The van der Waals surface area contributed by atoms with Crippen LogP contribution >= 0.6 is 0 Å². The van der Waals surface area contributed by atoms with Gasteiger partial charge in [0.2, 0.25) is 0 Å². The largest absolute Gasteiger partial charge is 0.385 e. The van der Waals surface area contributed by atoms with Crippen molar-refractivity contribution in [2.45, 2.75) is 44.9 Å². The maximum Gasteiger partial charge on any atom is 0.167 e. The van der Waals surface area contributed by atoms with Crippen molar-refractivity contribution >= 4 is 0 Å². The molecule has 1 fully saturated rings. The van der Waals surface area contributed by atoms with Gasteiger partial charge < -0.3 is 19.5 Å². The van der Waals surface area contributed by atoms with Crippen LogP contribution < -0.4 is 5.32 Å². The third-order valence-corrected chi connectivity index (χ3v) is 5.41. The Morgan fingerprint density at radius 3 is 2.87 bits per heavy atom. The first-order valence-electron chi connectivity index (χ1n) is 10.5. The Balaban J connectivity index is 1.32. The number of aromatic nitrogens is 3. The topological polar surface area (TPSA) is 99.9 Å². The SMILES string of the molecule is C[C@H](O)c1nccn1Cc1cc(-c2ccc(C#CC3CC(NCCC#N)C3)cc2)on1. The van der Waals surface area contributed by atoms with Gasteiger partial charge in [-0.1, -0.05) is 17.0 Å². The standard InChI is InChI=1S/C24H25N5O2/c1-17(30)24-27-11-12-29(24)16-22-15-23(31-28-22)20-7-5-18(6-8-20)3-4-19-13-21(14-19)26-10-2-9-25/h5-8,11-12,15,17,19,21,26,30H,2,10,13-14,16H2,1H3/t17-,19?,21?/m0/s1. The first-order valence-corrected chi connectivity index (χ1v) is 10.5. The van der Waals surface area contributed by atoms with Gasteiger partial charge in [-0.3, -0.25) is 0 Å². The van der Waals surface area contributed by atoms with Crippen molar-refractivity contribution in [3.63, 3.8) is 0 Å². The highest BCUT2D eigenvalue weighted by atomic mass is 16.5. The van der Waals surface area contributed by atoms with E-state index in [0.717, 1.165) is 36.2 Å². The number of hydrogen-bond acceptors (Lipinski definition) is 6. The second kappa shape index (κ2) is 9.61. The van der Waals surface area contributed by atoms with Gasteiger partial charge in [-0.05, 0) is 44.0 Å². The summed E-state index contributed by atoms with van der Waals surface area (Å²) in [5, 5.41) is 25.9. The van der Waals surface area contributed by atoms with Crippen molar-refractivity contribution in [3.8, 4) is 29.2 Å². The molecule has 0 aliphatic heterocycles. The second-order valence-electron chi connectivity index (χ2n) is 7.85. The smallest absolute Gasteiger partial charge is 0.167 e. The molecule has 2 aromatic heterocycles. The van der Waals surface area contributed by atoms with Crippen LogP contribution in [0.2, 0.25) is 0 Å². The van der Waals surface area contributed by atoms with Crippen molar-refractivity contribution in [1.29, 1.82) is 5.26 Å². The van der Waals surface area contributed by atoms with Crippen molar-refractivity contribution < 1.29 is 9.63 Å². The number of benzene rings is 1.